The zero-order valence-electron chi connectivity index (χ0n) is 27.6. The number of rotatable bonds is 5. The number of fused-ring (bicyclic) bond motifs is 6. The van der Waals surface area contributed by atoms with E-state index in [9.17, 15) is 0 Å². The molecule has 0 N–H and O–H groups in total. The van der Waals surface area contributed by atoms with Gasteiger partial charge in [-0.1, -0.05) is 152 Å². The molecule has 3 heteroatoms. The molecular formula is C48H30N2O. The van der Waals surface area contributed by atoms with E-state index in [4.69, 9.17) is 14.4 Å². The van der Waals surface area contributed by atoms with Gasteiger partial charge in [0.15, 0.2) is 5.82 Å². The number of nitrogens with zero attached hydrogens (tertiary/aromatic N) is 2. The van der Waals surface area contributed by atoms with Crippen LogP contribution >= 0.6 is 0 Å². The molecule has 10 rings (SSSR count). The third-order valence-corrected chi connectivity index (χ3v) is 9.87. The summed E-state index contributed by atoms with van der Waals surface area (Å²) < 4.78 is 6.69. The van der Waals surface area contributed by atoms with Gasteiger partial charge < -0.3 is 4.42 Å². The van der Waals surface area contributed by atoms with Crippen LogP contribution in [0, 0.1) is 0 Å². The van der Waals surface area contributed by atoms with Crippen LogP contribution in [-0.4, -0.2) is 9.97 Å². The average Bonchev–Trinajstić information content (AvgIpc) is 3.60. The summed E-state index contributed by atoms with van der Waals surface area (Å²) in [5.74, 6) is 0.649. The third kappa shape index (κ3) is 5.15. The Kier molecular flexibility index (Phi) is 6.81. The lowest BCUT2D eigenvalue weighted by Crippen LogP contribution is -1.96. The van der Waals surface area contributed by atoms with Crippen molar-refractivity contribution in [1.29, 1.82) is 0 Å². The second kappa shape index (κ2) is 11.9. The Hall–Kier alpha value is -6.84. The predicted molar refractivity (Wildman–Crippen MR) is 212 cm³/mol. The Morgan fingerprint density at radius 3 is 1.65 bits per heavy atom. The zero-order chi connectivity index (χ0) is 33.7. The highest BCUT2D eigenvalue weighted by Crippen LogP contribution is 2.43. The van der Waals surface area contributed by atoms with E-state index in [0.717, 1.165) is 61.1 Å². The second-order valence-electron chi connectivity index (χ2n) is 13.0. The minimum absolute atomic E-state index is 0.649. The first kappa shape index (κ1) is 29.1. The van der Waals surface area contributed by atoms with Crippen LogP contribution in [0.25, 0.3) is 99.6 Å². The van der Waals surface area contributed by atoms with Crippen molar-refractivity contribution in [3.8, 4) is 56.2 Å². The van der Waals surface area contributed by atoms with Crippen molar-refractivity contribution in [2.45, 2.75) is 0 Å². The van der Waals surface area contributed by atoms with Crippen LogP contribution in [-0.2, 0) is 0 Å². The van der Waals surface area contributed by atoms with Crippen molar-refractivity contribution in [1.82, 2.24) is 9.97 Å². The monoisotopic (exact) mass is 650 g/mol. The van der Waals surface area contributed by atoms with E-state index >= 15 is 0 Å². The van der Waals surface area contributed by atoms with Gasteiger partial charge in [-0.25, -0.2) is 9.97 Å². The van der Waals surface area contributed by atoms with Gasteiger partial charge in [-0.2, -0.15) is 0 Å². The van der Waals surface area contributed by atoms with Crippen molar-refractivity contribution < 1.29 is 4.42 Å². The van der Waals surface area contributed by atoms with Crippen molar-refractivity contribution in [3.05, 3.63) is 182 Å². The first-order valence-corrected chi connectivity index (χ1v) is 17.2. The van der Waals surface area contributed by atoms with Gasteiger partial charge in [0.1, 0.15) is 11.2 Å². The molecule has 0 radical (unpaired) electrons. The molecule has 51 heavy (non-hydrogen) atoms. The quantitative estimate of drug-likeness (QED) is 0.186. The molecule has 238 valence electrons. The fourth-order valence-electron chi connectivity index (χ4n) is 7.32. The first-order chi connectivity index (χ1) is 25.2. The molecule has 0 bridgehead atoms. The smallest absolute Gasteiger partial charge is 0.160 e. The van der Waals surface area contributed by atoms with Crippen LogP contribution in [0.4, 0.5) is 0 Å². The molecule has 2 heterocycles. The number of hydrogen-bond acceptors (Lipinski definition) is 3. The number of benzene rings is 8. The van der Waals surface area contributed by atoms with Crippen molar-refractivity contribution in [2.24, 2.45) is 0 Å². The lowest BCUT2D eigenvalue weighted by Gasteiger charge is -2.12. The summed E-state index contributed by atoms with van der Waals surface area (Å²) in [6, 6.07) is 63.8. The fourth-order valence-corrected chi connectivity index (χ4v) is 7.32. The fraction of sp³-hybridized carbons (Fsp3) is 0. The molecule has 2 aromatic heterocycles. The number of aromatic nitrogens is 2. The van der Waals surface area contributed by atoms with Crippen molar-refractivity contribution in [3.63, 3.8) is 0 Å². The number of furan rings is 1. The van der Waals surface area contributed by atoms with Crippen LogP contribution < -0.4 is 0 Å². The maximum atomic E-state index is 6.69. The molecule has 8 aromatic carbocycles. The predicted octanol–water partition coefficient (Wildman–Crippen LogP) is 13.0. The van der Waals surface area contributed by atoms with Crippen molar-refractivity contribution in [2.75, 3.05) is 0 Å². The number of hydrogen-bond donors (Lipinski definition) is 0. The summed E-state index contributed by atoms with van der Waals surface area (Å²) in [5.41, 5.74) is 10.9. The zero-order valence-corrected chi connectivity index (χ0v) is 27.6. The minimum atomic E-state index is 0.649. The summed E-state index contributed by atoms with van der Waals surface area (Å²) in [5, 5.41) is 7.03. The van der Waals surface area contributed by atoms with Gasteiger partial charge in [-0.05, 0) is 74.1 Å². The van der Waals surface area contributed by atoms with Crippen LogP contribution in [0.1, 0.15) is 0 Å². The maximum Gasteiger partial charge on any atom is 0.160 e. The Bertz CT molecular complexity index is 2830. The molecule has 0 aliphatic rings. The lowest BCUT2D eigenvalue weighted by molar-refractivity contribution is 0.669. The van der Waals surface area contributed by atoms with Gasteiger partial charge in [-0.3, -0.25) is 0 Å². The molecule has 0 atom stereocenters. The Labute approximate surface area is 295 Å². The van der Waals surface area contributed by atoms with Crippen molar-refractivity contribution >= 4 is 43.5 Å². The second-order valence-corrected chi connectivity index (χ2v) is 13.0. The molecule has 10 aromatic rings. The highest BCUT2D eigenvalue weighted by molar-refractivity contribution is 6.23. The Morgan fingerprint density at radius 1 is 0.333 bits per heavy atom. The molecule has 0 aliphatic carbocycles. The summed E-state index contributed by atoms with van der Waals surface area (Å²) in [6.07, 6.45) is 0. The lowest BCUT2D eigenvalue weighted by atomic mass is 9.93. The van der Waals surface area contributed by atoms with Gasteiger partial charge in [-0.15, -0.1) is 0 Å². The van der Waals surface area contributed by atoms with Gasteiger partial charge >= 0.3 is 0 Å². The first-order valence-electron chi connectivity index (χ1n) is 17.2. The van der Waals surface area contributed by atoms with Crippen LogP contribution in [0.2, 0.25) is 0 Å². The van der Waals surface area contributed by atoms with Gasteiger partial charge in [0.2, 0.25) is 0 Å². The van der Waals surface area contributed by atoms with E-state index < -0.39 is 0 Å². The maximum absolute atomic E-state index is 6.69. The standard InChI is InChI=1S/C48H30N2O/c1-3-13-35(14-4-1)42-30-43(36-15-5-2-6-16-36)50-48(49-42)39-28-41(47-45(29-39)51-44-26-25-33-12-9-10-18-40(33)46(44)47)34-22-19-32(20-23-34)38-24-21-31-11-7-8-17-37(31)27-38/h1-30H. The van der Waals surface area contributed by atoms with E-state index in [-0.39, 0.29) is 0 Å². The van der Waals surface area contributed by atoms with E-state index in [1.807, 2.05) is 36.4 Å². The summed E-state index contributed by atoms with van der Waals surface area (Å²) >= 11 is 0. The molecule has 0 amide bonds. The SMILES string of the molecule is c1ccc(-c2cc(-c3ccccc3)nc(-c3cc(-c4ccc(-c5ccc6ccccc6c5)cc4)c4c(c3)oc3ccc5ccccc5c34)n2)cc1. The highest BCUT2D eigenvalue weighted by Gasteiger charge is 2.19. The summed E-state index contributed by atoms with van der Waals surface area (Å²) in [6.45, 7) is 0. The molecule has 0 spiro atoms. The van der Waals surface area contributed by atoms with E-state index in [1.165, 1.54) is 32.7 Å². The van der Waals surface area contributed by atoms with E-state index in [0.29, 0.717) is 5.82 Å². The molecule has 0 saturated carbocycles. The average molecular weight is 651 g/mol. The molecule has 0 aliphatic heterocycles. The summed E-state index contributed by atoms with van der Waals surface area (Å²) in [7, 11) is 0. The topological polar surface area (TPSA) is 38.9 Å². The van der Waals surface area contributed by atoms with Gasteiger partial charge in [0, 0.05) is 27.5 Å². The largest absolute Gasteiger partial charge is 0.456 e. The Balaban J connectivity index is 1.20. The normalized spacial score (nSPS) is 11.5. The molecule has 0 unspecified atom stereocenters. The minimum Gasteiger partial charge on any atom is -0.456 e. The van der Waals surface area contributed by atoms with E-state index in [1.54, 1.807) is 0 Å². The molecule has 3 nitrogen and oxygen atoms in total. The third-order valence-electron chi connectivity index (χ3n) is 9.87. The van der Waals surface area contributed by atoms with Crippen LogP contribution in [0.3, 0.4) is 0 Å². The Morgan fingerprint density at radius 2 is 0.922 bits per heavy atom. The molecule has 0 fully saturated rings. The molecular weight excluding hydrogens is 621 g/mol. The summed E-state index contributed by atoms with van der Waals surface area (Å²) in [4.78, 5) is 10.3. The molecule has 0 saturated heterocycles. The van der Waals surface area contributed by atoms with Gasteiger partial charge in [0.25, 0.3) is 0 Å². The van der Waals surface area contributed by atoms with Crippen LogP contribution in [0.5, 0.6) is 0 Å². The van der Waals surface area contributed by atoms with Gasteiger partial charge in [0.05, 0.1) is 11.4 Å². The van der Waals surface area contributed by atoms with E-state index in [2.05, 4.69) is 146 Å². The highest BCUT2D eigenvalue weighted by atomic mass is 16.3. The van der Waals surface area contributed by atoms with Crippen LogP contribution in [0.15, 0.2) is 186 Å².